The summed E-state index contributed by atoms with van der Waals surface area (Å²) in [6.45, 7) is 0. The van der Waals surface area contributed by atoms with E-state index < -0.39 is 0 Å². The summed E-state index contributed by atoms with van der Waals surface area (Å²) in [6, 6.07) is 0. The van der Waals surface area contributed by atoms with Gasteiger partial charge in [0, 0.05) is 5.92 Å². The largest absolute Gasteiger partial charge is 0.468 e. The number of hydrogen-bond acceptors (Lipinski definition) is 4. The number of allylic oxidation sites excluding steroid dienone is 1. The third-order valence-corrected chi connectivity index (χ3v) is 2.79. The summed E-state index contributed by atoms with van der Waals surface area (Å²) < 4.78 is 15.3. The summed E-state index contributed by atoms with van der Waals surface area (Å²) in [5, 5.41) is 0. The van der Waals surface area contributed by atoms with Gasteiger partial charge in [-0.15, -0.1) is 0 Å². The number of fused-ring (bicyclic) bond motifs is 1. The van der Waals surface area contributed by atoms with E-state index >= 15 is 0 Å². The second kappa shape index (κ2) is 3.96. The molecule has 4 nitrogen and oxygen atoms in total. The monoisotopic (exact) mass is 210 g/mol. The van der Waals surface area contributed by atoms with Crippen LogP contribution in [0.3, 0.4) is 0 Å². The quantitative estimate of drug-likeness (QED) is 0.510. The molecule has 0 aromatic heterocycles. The standard InChI is InChI=1S/C11H14O4/c1-13-10(12)9-7-5-3-4-6-8(7)15-11(9)14-2/h4,6-8H,3,5H2,1-2H3/t7-,8+/m1/s1. The van der Waals surface area contributed by atoms with Crippen LogP contribution in [0.1, 0.15) is 12.8 Å². The Morgan fingerprint density at radius 2 is 2.33 bits per heavy atom. The van der Waals surface area contributed by atoms with Gasteiger partial charge in [-0.05, 0) is 18.9 Å². The first-order valence-corrected chi connectivity index (χ1v) is 4.97. The molecule has 0 spiro atoms. The lowest BCUT2D eigenvalue weighted by Crippen LogP contribution is -2.22. The molecule has 0 saturated heterocycles. The lowest BCUT2D eigenvalue weighted by Gasteiger charge is -2.19. The van der Waals surface area contributed by atoms with Crippen LogP contribution in [-0.2, 0) is 19.0 Å². The Morgan fingerprint density at radius 3 is 3.00 bits per heavy atom. The number of hydrogen-bond donors (Lipinski definition) is 0. The van der Waals surface area contributed by atoms with E-state index in [0.29, 0.717) is 11.5 Å². The van der Waals surface area contributed by atoms with Gasteiger partial charge in [0.05, 0.1) is 14.2 Å². The molecule has 82 valence electrons. The average molecular weight is 210 g/mol. The SMILES string of the molecule is COC(=O)C1=C(OC)O[C@H]2C=CCC[C@@H]12. The molecule has 1 aliphatic carbocycles. The maximum absolute atomic E-state index is 11.6. The fourth-order valence-corrected chi connectivity index (χ4v) is 2.08. The molecule has 0 aromatic rings. The average Bonchev–Trinajstić information content (AvgIpc) is 2.66. The second-order valence-electron chi connectivity index (χ2n) is 3.59. The maximum atomic E-state index is 11.6. The molecule has 2 atom stereocenters. The number of esters is 1. The topological polar surface area (TPSA) is 44.8 Å². The third-order valence-electron chi connectivity index (χ3n) is 2.79. The highest BCUT2D eigenvalue weighted by molar-refractivity contribution is 5.90. The van der Waals surface area contributed by atoms with Gasteiger partial charge < -0.3 is 14.2 Å². The van der Waals surface area contributed by atoms with Crippen molar-refractivity contribution in [2.45, 2.75) is 18.9 Å². The number of carbonyl (C=O) groups excluding carboxylic acids is 1. The number of ether oxygens (including phenoxy) is 3. The Kier molecular flexibility index (Phi) is 2.66. The Morgan fingerprint density at radius 1 is 1.53 bits per heavy atom. The number of carbonyl (C=O) groups is 1. The van der Waals surface area contributed by atoms with Crippen LogP contribution in [-0.4, -0.2) is 26.3 Å². The summed E-state index contributed by atoms with van der Waals surface area (Å²) in [5.74, 6) is 0.0375. The second-order valence-corrected chi connectivity index (χ2v) is 3.59. The van der Waals surface area contributed by atoms with Crippen LogP contribution in [0.2, 0.25) is 0 Å². The fraction of sp³-hybridized carbons (Fsp3) is 0.545. The van der Waals surface area contributed by atoms with Crippen molar-refractivity contribution < 1.29 is 19.0 Å². The molecule has 0 fully saturated rings. The first kappa shape index (κ1) is 10.1. The van der Waals surface area contributed by atoms with Crippen LogP contribution in [0.25, 0.3) is 0 Å². The summed E-state index contributed by atoms with van der Waals surface area (Å²) in [7, 11) is 2.87. The van der Waals surface area contributed by atoms with Crippen molar-refractivity contribution in [1.29, 1.82) is 0 Å². The summed E-state index contributed by atoms with van der Waals surface area (Å²) in [6.07, 6.45) is 5.83. The minimum absolute atomic E-state index is 0.0669. The van der Waals surface area contributed by atoms with E-state index in [1.54, 1.807) is 0 Å². The van der Waals surface area contributed by atoms with Gasteiger partial charge in [0.25, 0.3) is 5.95 Å². The zero-order valence-electron chi connectivity index (χ0n) is 8.86. The number of rotatable bonds is 2. The van der Waals surface area contributed by atoms with Gasteiger partial charge in [-0.2, -0.15) is 0 Å². The van der Waals surface area contributed by atoms with Crippen LogP contribution in [0, 0.1) is 5.92 Å². The van der Waals surface area contributed by atoms with E-state index in [4.69, 9.17) is 14.2 Å². The van der Waals surface area contributed by atoms with Gasteiger partial charge in [0.1, 0.15) is 11.7 Å². The van der Waals surface area contributed by atoms with E-state index in [1.807, 2.05) is 6.08 Å². The van der Waals surface area contributed by atoms with Crippen LogP contribution in [0.5, 0.6) is 0 Å². The zero-order valence-corrected chi connectivity index (χ0v) is 8.86. The molecule has 2 aliphatic rings. The minimum Gasteiger partial charge on any atom is -0.468 e. The van der Waals surface area contributed by atoms with Gasteiger partial charge in [-0.25, -0.2) is 4.79 Å². The Bertz CT molecular complexity index is 329. The molecule has 0 saturated carbocycles. The summed E-state index contributed by atoms with van der Waals surface area (Å²) in [5.41, 5.74) is 0.536. The smallest absolute Gasteiger partial charge is 0.341 e. The molecule has 0 radical (unpaired) electrons. The molecular formula is C11H14O4. The van der Waals surface area contributed by atoms with Crippen LogP contribution >= 0.6 is 0 Å². The molecular weight excluding hydrogens is 196 g/mol. The Hall–Kier alpha value is -1.45. The first-order valence-electron chi connectivity index (χ1n) is 4.97. The van der Waals surface area contributed by atoms with E-state index in [-0.39, 0.29) is 18.0 Å². The van der Waals surface area contributed by atoms with Crippen molar-refractivity contribution in [1.82, 2.24) is 0 Å². The van der Waals surface area contributed by atoms with E-state index in [9.17, 15) is 4.79 Å². The minimum atomic E-state index is -0.352. The molecule has 0 unspecified atom stereocenters. The molecule has 1 aliphatic heterocycles. The molecule has 4 heteroatoms. The van der Waals surface area contributed by atoms with Crippen molar-refractivity contribution in [3.63, 3.8) is 0 Å². The van der Waals surface area contributed by atoms with Crippen LogP contribution in [0.15, 0.2) is 23.7 Å². The lowest BCUT2D eigenvalue weighted by atomic mass is 9.87. The Labute approximate surface area is 88.5 Å². The van der Waals surface area contributed by atoms with E-state index in [0.717, 1.165) is 12.8 Å². The molecule has 15 heavy (non-hydrogen) atoms. The highest BCUT2D eigenvalue weighted by atomic mass is 16.7. The van der Waals surface area contributed by atoms with Crippen molar-refractivity contribution in [3.8, 4) is 0 Å². The van der Waals surface area contributed by atoms with E-state index in [1.165, 1.54) is 14.2 Å². The van der Waals surface area contributed by atoms with Crippen LogP contribution in [0.4, 0.5) is 0 Å². The summed E-state index contributed by atoms with van der Waals surface area (Å²) >= 11 is 0. The van der Waals surface area contributed by atoms with Gasteiger partial charge in [0.15, 0.2) is 0 Å². The highest BCUT2D eigenvalue weighted by Gasteiger charge is 2.41. The van der Waals surface area contributed by atoms with Gasteiger partial charge in [-0.1, -0.05) is 6.08 Å². The first-order chi connectivity index (χ1) is 7.27. The zero-order chi connectivity index (χ0) is 10.8. The molecule has 2 rings (SSSR count). The number of methoxy groups -OCH3 is 2. The Balaban J connectivity index is 2.29. The predicted octanol–water partition coefficient (Wildman–Crippen LogP) is 1.38. The maximum Gasteiger partial charge on any atom is 0.341 e. The lowest BCUT2D eigenvalue weighted by molar-refractivity contribution is -0.136. The van der Waals surface area contributed by atoms with Crippen molar-refractivity contribution in [2.24, 2.45) is 5.92 Å². The molecule has 0 aromatic carbocycles. The fourth-order valence-electron chi connectivity index (χ4n) is 2.08. The third kappa shape index (κ3) is 1.60. The molecule has 0 amide bonds. The van der Waals surface area contributed by atoms with Gasteiger partial charge in [0.2, 0.25) is 0 Å². The van der Waals surface area contributed by atoms with Crippen molar-refractivity contribution in [2.75, 3.05) is 14.2 Å². The molecule has 0 bridgehead atoms. The van der Waals surface area contributed by atoms with E-state index in [2.05, 4.69) is 6.08 Å². The van der Waals surface area contributed by atoms with Crippen molar-refractivity contribution >= 4 is 5.97 Å². The van der Waals surface area contributed by atoms with Crippen LogP contribution < -0.4 is 0 Å². The van der Waals surface area contributed by atoms with Gasteiger partial charge >= 0.3 is 5.97 Å². The normalized spacial score (nSPS) is 28.4. The van der Waals surface area contributed by atoms with Gasteiger partial charge in [-0.3, -0.25) is 0 Å². The predicted molar refractivity (Wildman–Crippen MR) is 52.8 cm³/mol. The summed E-state index contributed by atoms with van der Waals surface area (Å²) in [4.78, 5) is 11.6. The highest BCUT2D eigenvalue weighted by Crippen LogP contribution is 2.38. The van der Waals surface area contributed by atoms with Crippen molar-refractivity contribution in [3.05, 3.63) is 23.7 Å². The molecule has 1 heterocycles. The molecule has 0 N–H and O–H groups in total.